The van der Waals surface area contributed by atoms with Crippen LogP contribution in [0.4, 0.5) is 0 Å². The Morgan fingerprint density at radius 3 is 2.55 bits per heavy atom. The van der Waals surface area contributed by atoms with Gasteiger partial charge in [-0.1, -0.05) is 30.3 Å². The summed E-state index contributed by atoms with van der Waals surface area (Å²) >= 11 is 0. The molecule has 0 bridgehead atoms. The molecule has 20 heavy (non-hydrogen) atoms. The fraction of sp³-hybridized carbons (Fsp3) is 0.125. The number of nitrogens with zero attached hydrogens (tertiary/aromatic N) is 2. The van der Waals surface area contributed by atoms with E-state index >= 15 is 0 Å². The van der Waals surface area contributed by atoms with Gasteiger partial charge in [-0.2, -0.15) is 5.26 Å². The Labute approximate surface area is 115 Å². The number of rotatable bonds is 1. The lowest BCUT2D eigenvalue weighted by Gasteiger charge is -2.00. The van der Waals surface area contributed by atoms with Crippen molar-refractivity contribution in [1.29, 1.82) is 5.26 Å². The van der Waals surface area contributed by atoms with E-state index in [1.54, 1.807) is 4.40 Å². The van der Waals surface area contributed by atoms with Gasteiger partial charge in [-0.3, -0.25) is 9.20 Å². The normalized spacial score (nSPS) is 10.7. The molecule has 4 nitrogen and oxygen atoms in total. The number of nitriles is 1. The van der Waals surface area contributed by atoms with E-state index in [1.807, 2.05) is 44.2 Å². The van der Waals surface area contributed by atoms with E-state index < -0.39 is 0 Å². The minimum absolute atomic E-state index is 0.118. The fourth-order valence-corrected chi connectivity index (χ4v) is 2.62. The summed E-state index contributed by atoms with van der Waals surface area (Å²) in [5.41, 5.74) is 4.23. The second kappa shape index (κ2) is 4.39. The summed E-state index contributed by atoms with van der Waals surface area (Å²) in [6.45, 7) is 3.67. The highest BCUT2D eigenvalue weighted by atomic mass is 16.1. The number of fused-ring (bicyclic) bond motifs is 1. The molecule has 3 rings (SSSR count). The molecule has 0 saturated heterocycles. The Kier molecular flexibility index (Phi) is 2.69. The first-order valence-electron chi connectivity index (χ1n) is 6.34. The van der Waals surface area contributed by atoms with Gasteiger partial charge in [0.1, 0.15) is 17.3 Å². The Balaban J connectivity index is 2.52. The van der Waals surface area contributed by atoms with Crippen LogP contribution in [0.2, 0.25) is 0 Å². The average Bonchev–Trinajstić information content (AvgIpc) is 2.72. The lowest BCUT2D eigenvalue weighted by Crippen LogP contribution is -2.14. The van der Waals surface area contributed by atoms with Crippen molar-refractivity contribution in [3.63, 3.8) is 0 Å². The van der Waals surface area contributed by atoms with Crippen LogP contribution in [0.3, 0.4) is 0 Å². The minimum atomic E-state index is -0.118. The number of H-pyrrole nitrogens is 1. The molecule has 0 saturated carbocycles. The van der Waals surface area contributed by atoms with E-state index in [-0.39, 0.29) is 5.56 Å². The van der Waals surface area contributed by atoms with Crippen LogP contribution in [-0.4, -0.2) is 9.38 Å². The van der Waals surface area contributed by atoms with Gasteiger partial charge in [0.15, 0.2) is 0 Å². The van der Waals surface area contributed by atoms with Gasteiger partial charge in [0.05, 0.1) is 0 Å². The van der Waals surface area contributed by atoms with Gasteiger partial charge in [0.2, 0.25) is 0 Å². The zero-order chi connectivity index (χ0) is 14.3. The second-order valence-electron chi connectivity index (χ2n) is 4.79. The van der Waals surface area contributed by atoms with Crippen LogP contribution in [-0.2, 0) is 0 Å². The predicted octanol–water partition coefficient (Wildman–Crippen LogP) is 2.78. The Bertz CT molecular complexity index is 895. The van der Waals surface area contributed by atoms with E-state index in [1.165, 1.54) is 6.07 Å². The predicted molar refractivity (Wildman–Crippen MR) is 77.6 cm³/mol. The average molecular weight is 263 g/mol. The quantitative estimate of drug-likeness (QED) is 0.733. The van der Waals surface area contributed by atoms with Crippen molar-refractivity contribution in [2.45, 2.75) is 13.8 Å². The largest absolute Gasteiger partial charge is 0.344 e. The first-order valence-corrected chi connectivity index (χ1v) is 6.34. The summed E-state index contributed by atoms with van der Waals surface area (Å²) < 4.78 is 1.56. The van der Waals surface area contributed by atoms with Crippen LogP contribution in [0.25, 0.3) is 16.8 Å². The number of benzene rings is 1. The summed E-state index contributed by atoms with van der Waals surface area (Å²) in [7, 11) is 0. The van der Waals surface area contributed by atoms with Gasteiger partial charge in [0.25, 0.3) is 5.56 Å². The minimum Gasteiger partial charge on any atom is -0.344 e. The summed E-state index contributed by atoms with van der Waals surface area (Å²) in [5, 5.41) is 9.49. The maximum absolute atomic E-state index is 12.2. The Morgan fingerprint density at radius 1 is 1.20 bits per heavy atom. The molecule has 0 amide bonds. The highest BCUT2D eigenvalue weighted by Gasteiger charge is 2.18. The summed E-state index contributed by atoms with van der Waals surface area (Å²) in [6.07, 6.45) is 0. The van der Waals surface area contributed by atoms with Crippen LogP contribution < -0.4 is 5.56 Å². The van der Waals surface area contributed by atoms with E-state index in [9.17, 15) is 10.1 Å². The first kappa shape index (κ1) is 12.2. The van der Waals surface area contributed by atoms with E-state index in [0.29, 0.717) is 11.2 Å². The van der Waals surface area contributed by atoms with E-state index in [4.69, 9.17) is 0 Å². The number of aromatic nitrogens is 2. The third kappa shape index (κ3) is 1.64. The number of aryl methyl sites for hydroxylation is 2. The molecule has 1 aromatic carbocycles. The van der Waals surface area contributed by atoms with Gasteiger partial charge < -0.3 is 4.98 Å². The Morgan fingerprint density at radius 2 is 1.90 bits per heavy atom. The van der Waals surface area contributed by atoms with Crippen molar-refractivity contribution in [2.75, 3.05) is 0 Å². The molecule has 2 aromatic heterocycles. The van der Waals surface area contributed by atoms with Crippen molar-refractivity contribution in [3.8, 4) is 17.2 Å². The zero-order valence-electron chi connectivity index (χ0n) is 11.3. The molecule has 0 unspecified atom stereocenters. The molecule has 0 aliphatic carbocycles. The van der Waals surface area contributed by atoms with Crippen LogP contribution in [0.15, 0.2) is 41.2 Å². The highest BCUT2D eigenvalue weighted by Crippen LogP contribution is 2.30. The zero-order valence-corrected chi connectivity index (χ0v) is 11.3. The highest BCUT2D eigenvalue weighted by molar-refractivity contribution is 5.81. The lowest BCUT2D eigenvalue weighted by atomic mass is 10.0. The first-order chi connectivity index (χ1) is 9.63. The molecule has 0 atom stereocenters. The molecular formula is C16H13N3O. The molecule has 4 heteroatoms. The van der Waals surface area contributed by atoms with Crippen molar-refractivity contribution >= 4 is 5.65 Å². The maximum Gasteiger partial charge on any atom is 0.258 e. The third-order valence-corrected chi connectivity index (χ3v) is 3.46. The number of nitrogens with one attached hydrogen (secondary N) is 1. The van der Waals surface area contributed by atoms with Gasteiger partial charge in [0, 0.05) is 23.0 Å². The smallest absolute Gasteiger partial charge is 0.258 e. The van der Waals surface area contributed by atoms with E-state index in [2.05, 4.69) is 11.1 Å². The SMILES string of the molecule is Cc1cc(=O)n2c(C)c(-c3ccccc3)c(C#N)c2[nH]1. The molecular weight excluding hydrogens is 250 g/mol. The van der Waals surface area contributed by atoms with Crippen molar-refractivity contribution in [2.24, 2.45) is 0 Å². The van der Waals surface area contributed by atoms with Crippen LogP contribution in [0, 0.1) is 25.2 Å². The van der Waals surface area contributed by atoms with Crippen LogP contribution >= 0.6 is 0 Å². The van der Waals surface area contributed by atoms with Crippen LogP contribution in [0.5, 0.6) is 0 Å². The van der Waals surface area contributed by atoms with Crippen LogP contribution in [0.1, 0.15) is 17.0 Å². The maximum atomic E-state index is 12.2. The monoisotopic (exact) mass is 263 g/mol. The molecule has 1 N–H and O–H groups in total. The van der Waals surface area contributed by atoms with Gasteiger partial charge in [-0.25, -0.2) is 0 Å². The van der Waals surface area contributed by atoms with Gasteiger partial charge >= 0.3 is 0 Å². The number of hydrogen-bond donors (Lipinski definition) is 1. The molecule has 0 radical (unpaired) electrons. The number of aromatic amines is 1. The van der Waals surface area contributed by atoms with Gasteiger partial charge in [-0.15, -0.1) is 0 Å². The molecule has 0 aliphatic rings. The summed E-state index contributed by atoms with van der Waals surface area (Å²) in [5.74, 6) is 0. The van der Waals surface area contributed by atoms with Crippen molar-refractivity contribution in [1.82, 2.24) is 9.38 Å². The summed E-state index contributed by atoms with van der Waals surface area (Å²) in [4.78, 5) is 15.3. The van der Waals surface area contributed by atoms with Crippen molar-refractivity contribution < 1.29 is 0 Å². The number of hydrogen-bond acceptors (Lipinski definition) is 2. The molecule has 2 heterocycles. The molecule has 0 aliphatic heterocycles. The molecule has 0 fully saturated rings. The molecule has 3 aromatic rings. The van der Waals surface area contributed by atoms with Crippen molar-refractivity contribution in [3.05, 3.63) is 63.7 Å². The molecule has 98 valence electrons. The fourth-order valence-electron chi connectivity index (χ4n) is 2.62. The third-order valence-electron chi connectivity index (χ3n) is 3.46. The second-order valence-corrected chi connectivity index (χ2v) is 4.79. The van der Waals surface area contributed by atoms with E-state index in [0.717, 1.165) is 22.5 Å². The summed E-state index contributed by atoms with van der Waals surface area (Å²) in [6, 6.07) is 13.4. The molecule has 0 spiro atoms. The standard InChI is InChI=1S/C16H13N3O/c1-10-8-14(20)19-11(2)15(12-6-4-3-5-7-12)13(9-17)16(19)18-10/h3-8,18H,1-2H3. The Hall–Kier alpha value is -2.80. The van der Waals surface area contributed by atoms with Gasteiger partial charge in [-0.05, 0) is 19.4 Å². The lowest BCUT2D eigenvalue weighted by molar-refractivity contribution is 0.999. The topological polar surface area (TPSA) is 61.1 Å².